The monoisotopic (exact) mass is 294 g/mol. The van der Waals surface area contributed by atoms with Crippen LogP contribution in [0.1, 0.15) is 12.5 Å². The third-order valence-corrected chi connectivity index (χ3v) is 3.12. The van der Waals surface area contributed by atoms with E-state index in [9.17, 15) is 19.6 Å². The van der Waals surface area contributed by atoms with Crippen LogP contribution in [-0.4, -0.2) is 26.4 Å². The Morgan fingerprint density at radius 3 is 2.86 bits per heavy atom. The molecule has 1 aromatic carbocycles. The lowest BCUT2D eigenvalue weighted by atomic mass is 9.99. The van der Waals surface area contributed by atoms with Crippen molar-refractivity contribution in [2.24, 2.45) is 7.05 Å². The first-order valence-corrected chi connectivity index (χ1v) is 6.19. The Labute approximate surface area is 120 Å². The summed E-state index contributed by atoms with van der Waals surface area (Å²) in [7, 11) is 1.71. The van der Waals surface area contributed by atoms with Crippen LogP contribution in [0.4, 0.5) is 15.8 Å². The minimum atomic E-state index is -1.30. The number of anilines is 1. The molecule has 2 N–H and O–H groups in total. The third-order valence-electron chi connectivity index (χ3n) is 3.12. The zero-order valence-corrected chi connectivity index (χ0v) is 11.6. The molecule has 0 spiro atoms. The average molecular weight is 294 g/mol. The van der Waals surface area contributed by atoms with Gasteiger partial charge in [0.25, 0.3) is 0 Å². The van der Waals surface area contributed by atoms with Crippen LogP contribution < -0.4 is 5.32 Å². The van der Waals surface area contributed by atoms with E-state index < -0.39 is 22.0 Å². The first-order chi connectivity index (χ1) is 9.81. The molecule has 0 amide bonds. The van der Waals surface area contributed by atoms with Crippen molar-refractivity contribution < 1.29 is 14.4 Å². The number of aliphatic hydroxyl groups is 1. The molecule has 0 unspecified atom stereocenters. The fourth-order valence-electron chi connectivity index (χ4n) is 1.91. The first-order valence-electron chi connectivity index (χ1n) is 6.19. The van der Waals surface area contributed by atoms with Gasteiger partial charge in [0.15, 0.2) is 0 Å². The minimum absolute atomic E-state index is 0.0177. The van der Waals surface area contributed by atoms with Gasteiger partial charge in [-0.1, -0.05) is 6.07 Å². The van der Waals surface area contributed by atoms with E-state index in [1.54, 1.807) is 20.2 Å². The molecule has 0 radical (unpaired) electrons. The molecule has 0 fully saturated rings. The number of nitro benzene ring substituents is 1. The van der Waals surface area contributed by atoms with Crippen LogP contribution in [0, 0.1) is 15.9 Å². The largest absolute Gasteiger partial charge is 0.383 e. The van der Waals surface area contributed by atoms with Gasteiger partial charge >= 0.3 is 5.69 Å². The number of rotatable bonds is 5. The molecule has 1 heterocycles. The van der Waals surface area contributed by atoms with E-state index in [2.05, 4.69) is 10.4 Å². The summed E-state index contributed by atoms with van der Waals surface area (Å²) in [6.07, 6.45) is 3.14. The van der Waals surface area contributed by atoms with Gasteiger partial charge in [-0.15, -0.1) is 0 Å². The highest BCUT2D eigenvalue weighted by molar-refractivity contribution is 5.62. The van der Waals surface area contributed by atoms with Crippen molar-refractivity contribution in [2.45, 2.75) is 12.5 Å². The average Bonchev–Trinajstić information content (AvgIpc) is 2.83. The Morgan fingerprint density at radius 1 is 1.57 bits per heavy atom. The standard InChI is InChI=1S/C13H15FN4O3/c1-13(19,9-6-16-17(2)7-9)8-15-11-5-3-4-10(14)12(11)18(20)21/h3-7,15,19H,8H2,1-2H3/t13-/m1/s1. The van der Waals surface area contributed by atoms with Crippen molar-refractivity contribution >= 4 is 11.4 Å². The molecule has 112 valence electrons. The van der Waals surface area contributed by atoms with Crippen molar-refractivity contribution in [1.82, 2.24) is 9.78 Å². The second kappa shape index (κ2) is 5.49. The van der Waals surface area contributed by atoms with Crippen molar-refractivity contribution in [3.05, 3.63) is 52.1 Å². The number of benzene rings is 1. The van der Waals surface area contributed by atoms with Crippen LogP contribution >= 0.6 is 0 Å². The quantitative estimate of drug-likeness (QED) is 0.647. The number of aromatic nitrogens is 2. The van der Waals surface area contributed by atoms with Crippen LogP contribution in [0.3, 0.4) is 0 Å². The fourth-order valence-corrected chi connectivity index (χ4v) is 1.91. The number of nitro groups is 1. The molecule has 21 heavy (non-hydrogen) atoms. The third kappa shape index (κ3) is 3.16. The summed E-state index contributed by atoms with van der Waals surface area (Å²) in [6.45, 7) is 1.52. The van der Waals surface area contributed by atoms with Crippen molar-refractivity contribution in [3.8, 4) is 0 Å². The van der Waals surface area contributed by atoms with Gasteiger partial charge in [-0.3, -0.25) is 14.8 Å². The number of nitrogens with zero attached hydrogens (tertiary/aromatic N) is 3. The Balaban J connectivity index is 2.20. The zero-order chi connectivity index (χ0) is 15.6. The molecule has 0 bridgehead atoms. The van der Waals surface area contributed by atoms with Crippen LogP contribution in [0.25, 0.3) is 0 Å². The van der Waals surface area contributed by atoms with Gasteiger partial charge in [-0.05, 0) is 19.1 Å². The summed E-state index contributed by atoms with van der Waals surface area (Å²) in [4.78, 5) is 10.1. The molecule has 0 aliphatic rings. The predicted molar refractivity (Wildman–Crippen MR) is 74.3 cm³/mol. The Morgan fingerprint density at radius 2 is 2.29 bits per heavy atom. The van der Waals surface area contributed by atoms with Crippen molar-refractivity contribution in [1.29, 1.82) is 0 Å². The summed E-state index contributed by atoms with van der Waals surface area (Å²) in [5.74, 6) is -0.925. The van der Waals surface area contributed by atoms with E-state index in [4.69, 9.17) is 0 Å². The Hall–Kier alpha value is -2.48. The lowest BCUT2D eigenvalue weighted by molar-refractivity contribution is -0.386. The summed E-state index contributed by atoms with van der Waals surface area (Å²) in [5.41, 5.74) is -1.37. The number of hydrogen-bond donors (Lipinski definition) is 2. The molecule has 0 aliphatic carbocycles. The maximum absolute atomic E-state index is 13.5. The van der Waals surface area contributed by atoms with Gasteiger partial charge in [0.05, 0.1) is 11.1 Å². The van der Waals surface area contributed by atoms with E-state index >= 15 is 0 Å². The smallest absolute Gasteiger partial charge is 0.327 e. The molecular formula is C13H15FN4O3. The van der Waals surface area contributed by atoms with Gasteiger partial charge in [0, 0.05) is 25.4 Å². The summed E-state index contributed by atoms with van der Waals surface area (Å²) in [6, 6.07) is 3.77. The molecule has 0 saturated heterocycles. The number of nitrogens with one attached hydrogen (secondary N) is 1. The molecule has 0 aliphatic heterocycles. The number of hydrogen-bond acceptors (Lipinski definition) is 5. The fraction of sp³-hybridized carbons (Fsp3) is 0.308. The first kappa shape index (κ1) is 14.9. The topological polar surface area (TPSA) is 93.2 Å². The molecule has 8 heteroatoms. The lowest BCUT2D eigenvalue weighted by Crippen LogP contribution is -2.30. The molecule has 1 atom stereocenters. The van der Waals surface area contributed by atoms with Crippen LogP contribution in [0.15, 0.2) is 30.6 Å². The normalized spacial score (nSPS) is 13.7. The molecule has 0 saturated carbocycles. The number of halogens is 1. The van der Waals surface area contributed by atoms with Crippen LogP contribution in [0.2, 0.25) is 0 Å². The highest BCUT2D eigenvalue weighted by atomic mass is 19.1. The van der Waals surface area contributed by atoms with E-state index in [0.717, 1.165) is 6.07 Å². The predicted octanol–water partition coefficient (Wildman–Crippen LogP) is 1.79. The Kier molecular flexibility index (Phi) is 3.90. The SMILES string of the molecule is Cn1cc([C@](C)(O)CNc2cccc(F)c2[N+](=O)[O-])cn1. The van der Waals surface area contributed by atoms with E-state index in [1.807, 2.05) is 0 Å². The summed E-state index contributed by atoms with van der Waals surface area (Å²) < 4.78 is 15.0. The summed E-state index contributed by atoms with van der Waals surface area (Å²) in [5, 5.41) is 27.9. The van der Waals surface area contributed by atoms with E-state index in [0.29, 0.717) is 5.56 Å². The molecular weight excluding hydrogens is 279 g/mol. The zero-order valence-electron chi connectivity index (χ0n) is 11.6. The van der Waals surface area contributed by atoms with Crippen LogP contribution in [0.5, 0.6) is 0 Å². The van der Waals surface area contributed by atoms with Crippen molar-refractivity contribution in [2.75, 3.05) is 11.9 Å². The Bertz CT molecular complexity index is 669. The van der Waals surface area contributed by atoms with Crippen LogP contribution in [-0.2, 0) is 12.6 Å². The highest BCUT2D eigenvalue weighted by Crippen LogP contribution is 2.29. The minimum Gasteiger partial charge on any atom is -0.383 e. The molecule has 1 aromatic heterocycles. The summed E-state index contributed by atoms with van der Waals surface area (Å²) >= 11 is 0. The molecule has 2 aromatic rings. The molecule has 7 nitrogen and oxygen atoms in total. The maximum Gasteiger partial charge on any atom is 0.327 e. The number of aryl methyl sites for hydroxylation is 1. The lowest BCUT2D eigenvalue weighted by Gasteiger charge is -2.22. The van der Waals surface area contributed by atoms with Gasteiger partial charge in [-0.2, -0.15) is 9.49 Å². The van der Waals surface area contributed by atoms with Gasteiger partial charge in [0.2, 0.25) is 5.82 Å². The van der Waals surface area contributed by atoms with Crippen molar-refractivity contribution in [3.63, 3.8) is 0 Å². The van der Waals surface area contributed by atoms with Gasteiger partial charge in [0.1, 0.15) is 11.3 Å². The van der Waals surface area contributed by atoms with Gasteiger partial charge in [-0.25, -0.2) is 0 Å². The maximum atomic E-state index is 13.5. The van der Waals surface area contributed by atoms with Gasteiger partial charge < -0.3 is 10.4 Å². The second-order valence-electron chi connectivity index (χ2n) is 4.92. The second-order valence-corrected chi connectivity index (χ2v) is 4.92. The molecule has 2 rings (SSSR count). The van der Waals surface area contributed by atoms with E-state index in [-0.39, 0.29) is 12.2 Å². The number of para-hydroxylation sites is 1. The highest BCUT2D eigenvalue weighted by Gasteiger charge is 2.27. The van der Waals surface area contributed by atoms with E-state index in [1.165, 1.54) is 23.0 Å².